The zero-order valence-electron chi connectivity index (χ0n) is 15.2. The van der Waals surface area contributed by atoms with Crippen molar-refractivity contribution in [3.05, 3.63) is 58.6 Å². The van der Waals surface area contributed by atoms with Crippen molar-refractivity contribution in [2.75, 3.05) is 18.0 Å². The van der Waals surface area contributed by atoms with Crippen molar-refractivity contribution in [2.24, 2.45) is 5.73 Å². The van der Waals surface area contributed by atoms with Gasteiger partial charge in [-0.25, -0.2) is 18.2 Å². The highest BCUT2D eigenvalue weighted by Gasteiger charge is 2.31. The van der Waals surface area contributed by atoms with Crippen molar-refractivity contribution in [1.29, 1.82) is 0 Å². The van der Waals surface area contributed by atoms with Crippen LogP contribution in [0.15, 0.2) is 36.4 Å². The summed E-state index contributed by atoms with van der Waals surface area (Å²) in [6, 6.07) is 8.59. The van der Waals surface area contributed by atoms with Crippen LogP contribution >= 0.6 is 11.6 Å². The first-order chi connectivity index (χ1) is 13.4. The maximum absolute atomic E-state index is 14.0. The molecule has 2 unspecified atom stereocenters. The minimum atomic E-state index is -1.08. The number of hydrogen-bond acceptors (Lipinski definition) is 3. The third-order valence-corrected chi connectivity index (χ3v) is 5.65. The van der Waals surface area contributed by atoms with Gasteiger partial charge in [-0.15, -0.1) is 0 Å². The molecule has 3 aromatic rings. The minimum absolute atomic E-state index is 0.269. The number of halogens is 4. The summed E-state index contributed by atoms with van der Waals surface area (Å²) in [4.78, 5) is 6.40. The largest absolute Gasteiger partial charge is 0.340 e. The molecule has 2 aromatic carbocycles. The van der Waals surface area contributed by atoms with Crippen molar-refractivity contribution in [2.45, 2.75) is 31.6 Å². The topological polar surface area (TPSA) is 47.1 Å². The Hall–Kier alpha value is -2.25. The van der Waals surface area contributed by atoms with E-state index in [4.69, 9.17) is 17.3 Å². The Morgan fingerprint density at radius 3 is 2.64 bits per heavy atom. The van der Waals surface area contributed by atoms with E-state index >= 15 is 0 Å². The van der Waals surface area contributed by atoms with Gasteiger partial charge < -0.3 is 15.2 Å². The molecule has 0 bridgehead atoms. The molecule has 0 spiro atoms. The van der Waals surface area contributed by atoms with Crippen LogP contribution in [-0.2, 0) is 0 Å². The molecule has 0 aliphatic carbocycles. The third-order valence-electron chi connectivity index (χ3n) is 5.31. The van der Waals surface area contributed by atoms with Crippen LogP contribution in [0.3, 0.4) is 0 Å². The number of benzene rings is 2. The van der Waals surface area contributed by atoms with E-state index in [9.17, 15) is 13.2 Å². The Labute approximate surface area is 165 Å². The van der Waals surface area contributed by atoms with E-state index in [1.165, 1.54) is 0 Å². The lowest BCUT2D eigenvalue weighted by Crippen LogP contribution is -2.50. The summed E-state index contributed by atoms with van der Waals surface area (Å²) in [6.07, 6.45) is -0.807. The van der Waals surface area contributed by atoms with E-state index in [2.05, 4.69) is 4.98 Å². The van der Waals surface area contributed by atoms with E-state index in [1.807, 2.05) is 34.6 Å². The van der Waals surface area contributed by atoms with Gasteiger partial charge in [0.15, 0.2) is 11.6 Å². The van der Waals surface area contributed by atoms with E-state index in [0.717, 1.165) is 17.7 Å². The Bertz CT molecular complexity index is 1020. The highest BCUT2D eigenvalue weighted by molar-refractivity contribution is 6.31. The maximum Gasteiger partial charge on any atom is 0.207 e. The molecule has 1 saturated heterocycles. The van der Waals surface area contributed by atoms with Crippen molar-refractivity contribution in [3.63, 3.8) is 0 Å². The van der Waals surface area contributed by atoms with Gasteiger partial charge in [0.05, 0.1) is 23.1 Å². The molecule has 1 fully saturated rings. The summed E-state index contributed by atoms with van der Waals surface area (Å²) in [5.41, 5.74) is 7.50. The lowest BCUT2D eigenvalue weighted by atomic mass is 10.0. The summed E-state index contributed by atoms with van der Waals surface area (Å²) in [5, 5.41) is 0.560. The van der Waals surface area contributed by atoms with Gasteiger partial charge in [-0.2, -0.15) is 0 Å². The second-order valence-corrected chi connectivity index (χ2v) is 7.56. The number of fused-ring (bicyclic) bond motifs is 1. The first-order valence-electron chi connectivity index (χ1n) is 9.13. The van der Waals surface area contributed by atoms with E-state index in [1.54, 1.807) is 6.07 Å². The van der Waals surface area contributed by atoms with Crippen LogP contribution in [0.1, 0.15) is 24.9 Å². The van der Waals surface area contributed by atoms with Crippen LogP contribution in [0.25, 0.3) is 11.0 Å². The number of nitrogens with zero attached hydrogens (tertiary/aromatic N) is 3. The zero-order chi connectivity index (χ0) is 20.0. The molecule has 0 saturated carbocycles. The predicted octanol–water partition coefficient (Wildman–Crippen LogP) is 4.45. The number of alkyl halides is 1. The van der Waals surface area contributed by atoms with Crippen LogP contribution in [-0.4, -0.2) is 34.9 Å². The zero-order valence-corrected chi connectivity index (χ0v) is 16.0. The van der Waals surface area contributed by atoms with Gasteiger partial charge in [0, 0.05) is 30.2 Å². The molecule has 2 N–H and O–H groups in total. The smallest absolute Gasteiger partial charge is 0.207 e. The number of nitrogens with two attached hydrogens (primary N) is 1. The number of anilines is 1. The molecule has 1 aromatic heterocycles. The predicted molar refractivity (Wildman–Crippen MR) is 105 cm³/mol. The molecule has 4 rings (SSSR count). The fourth-order valence-electron chi connectivity index (χ4n) is 3.77. The second kappa shape index (κ2) is 7.29. The Balaban J connectivity index is 1.89. The van der Waals surface area contributed by atoms with Gasteiger partial charge in [0.25, 0.3) is 0 Å². The summed E-state index contributed by atoms with van der Waals surface area (Å²) >= 11 is 6.37. The van der Waals surface area contributed by atoms with Crippen LogP contribution in [0.2, 0.25) is 5.02 Å². The number of hydrogen-bond donors (Lipinski definition) is 1. The molecule has 1 aliphatic heterocycles. The average Bonchev–Trinajstić information content (AvgIpc) is 3.02. The van der Waals surface area contributed by atoms with Crippen molar-refractivity contribution in [3.8, 4) is 0 Å². The second-order valence-electron chi connectivity index (χ2n) is 7.15. The van der Waals surface area contributed by atoms with Gasteiger partial charge in [-0.1, -0.05) is 29.8 Å². The van der Waals surface area contributed by atoms with Gasteiger partial charge >= 0.3 is 0 Å². The number of imidazole rings is 1. The number of piperidine rings is 1. The lowest BCUT2D eigenvalue weighted by Gasteiger charge is -2.35. The molecule has 28 heavy (non-hydrogen) atoms. The summed E-state index contributed by atoms with van der Waals surface area (Å²) in [7, 11) is 0. The lowest BCUT2D eigenvalue weighted by molar-refractivity contribution is 0.243. The summed E-state index contributed by atoms with van der Waals surface area (Å²) in [5.74, 6) is -1.42. The standard InChI is InChI=1S/C20H20ClF3N4/c1-11(12-4-2-3-5-13(12)21)28-19-9-16(24)15(23)8-18(19)26-20(28)27-7-6-14(22)17(25)10-27/h2-5,8-9,11,14,17H,6-7,10,25H2,1H3/t11?,14?,17-/m1/s1. The molecule has 8 heteroatoms. The maximum atomic E-state index is 14.0. The molecule has 3 atom stereocenters. The molecular weight excluding hydrogens is 389 g/mol. The number of aromatic nitrogens is 2. The molecule has 148 valence electrons. The molecule has 2 heterocycles. The Morgan fingerprint density at radius 1 is 1.21 bits per heavy atom. The van der Waals surface area contributed by atoms with Crippen LogP contribution in [0.5, 0.6) is 0 Å². The molecule has 0 radical (unpaired) electrons. The van der Waals surface area contributed by atoms with E-state index in [0.29, 0.717) is 28.5 Å². The van der Waals surface area contributed by atoms with E-state index in [-0.39, 0.29) is 19.0 Å². The SMILES string of the molecule is CC(c1ccccc1Cl)n1c(N2CCC(F)[C@H](N)C2)nc2cc(F)c(F)cc21. The van der Waals surface area contributed by atoms with Crippen LogP contribution < -0.4 is 10.6 Å². The van der Waals surface area contributed by atoms with Crippen LogP contribution in [0.4, 0.5) is 19.1 Å². The fraction of sp³-hybridized carbons (Fsp3) is 0.350. The third kappa shape index (κ3) is 3.22. The monoisotopic (exact) mass is 408 g/mol. The molecule has 4 nitrogen and oxygen atoms in total. The minimum Gasteiger partial charge on any atom is -0.340 e. The Morgan fingerprint density at radius 2 is 1.93 bits per heavy atom. The van der Waals surface area contributed by atoms with Crippen LogP contribution in [0, 0.1) is 11.6 Å². The first-order valence-corrected chi connectivity index (χ1v) is 9.50. The van der Waals surface area contributed by atoms with Crippen molar-refractivity contribution < 1.29 is 13.2 Å². The molecular formula is C20H20ClF3N4. The molecule has 0 amide bonds. The van der Waals surface area contributed by atoms with Gasteiger partial charge in [0.1, 0.15) is 6.17 Å². The quantitative estimate of drug-likeness (QED) is 0.696. The van der Waals surface area contributed by atoms with Gasteiger partial charge in [-0.3, -0.25) is 0 Å². The van der Waals surface area contributed by atoms with E-state index < -0.39 is 23.8 Å². The summed E-state index contributed by atoms with van der Waals surface area (Å²) in [6.45, 7) is 2.60. The average molecular weight is 409 g/mol. The van der Waals surface area contributed by atoms with Crippen molar-refractivity contribution in [1.82, 2.24) is 9.55 Å². The highest BCUT2D eigenvalue weighted by atomic mass is 35.5. The number of rotatable bonds is 3. The van der Waals surface area contributed by atoms with Gasteiger partial charge in [-0.05, 0) is 25.0 Å². The molecule has 1 aliphatic rings. The van der Waals surface area contributed by atoms with Crippen molar-refractivity contribution >= 4 is 28.6 Å². The van der Waals surface area contributed by atoms with Gasteiger partial charge in [0.2, 0.25) is 5.95 Å². The Kier molecular flexibility index (Phi) is 4.97. The normalized spacial score (nSPS) is 21.3. The highest BCUT2D eigenvalue weighted by Crippen LogP contribution is 2.35. The first kappa shape index (κ1) is 19.1. The fourth-order valence-corrected chi connectivity index (χ4v) is 4.06. The summed E-state index contributed by atoms with van der Waals surface area (Å²) < 4.78 is 43.5.